The minimum Gasteiger partial charge on any atom is -0.492 e. The molecule has 0 spiro atoms. The fourth-order valence-corrected chi connectivity index (χ4v) is 3.65. The second-order valence-corrected chi connectivity index (χ2v) is 7.64. The lowest BCUT2D eigenvalue weighted by Gasteiger charge is -2.35. The Morgan fingerprint density at radius 1 is 1.00 bits per heavy atom. The number of ether oxygens (including phenoxy) is 1. The Labute approximate surface area is 186 Å². The molecule has 1 aliphatic heterocycles. The number of aryl methyl sites for hydroxylation is 2. The van der Waals surface area contributed by atoms with Gasteiger partial charge in [0, 0.05) is 44.0 Å². The van der Waals surface area contributed by atoms with E-state index in [1.807, 2.05) is 50.2 Å². The van der Waals surface area contributed by atoms with Crippen LogP contribution in [0, 0.1) is 13.8 Å². The maximum absolute atomic E-state index is 13.0. The maximum Gasteiger partial charge on any atom is 0.274 e. The van der Waals surface area contributed by atoms with Gasteiger partial charge < -0.3 is 14.5 Å². The SMILES string of the molecule is Cc1cc(N2CCN(C(=O)c3ccc(=O)n(CCOc4ccccc4)n3)CC2)nc(C)n1. The fourth-order valence-electron chi connectivity index (χ4n) is 3.65. The zero-order valence-electron chi connectivity index (χ0n) is 18.3. The summed E-state index contributed by atoms with van der Waals surface area (Å²) in [7, 11) is 0. The van der Waals surface area contributed by atoms with E-state index in [-0.39, 0.29) is 30.3 Å². The zero-order chi connectivity index (χ0) is 22.5. The zero-order valence-corrected chi connectivity index (χ0v) is 18.3. The normalized spacial score (nSPS) is 13.8. The number of carbonyl (C=O) groups excluding carboxylic acids is 1. The highest BCUT2D eigenvalue weighted by atomic mass is 16.5. The van der Waals surface area contributed by atoms with E-state index in [4.69, 9.17) is 4.74 Å². The number of benzene rings is 1. The molecule has 0 radical (unpaired) electrons. The molecule has 3 aromatic rings. The van der Waals surface area contributed by atoms with E-state index in [1.54, 1.807) is 4.90 Å². The number of para-hydroxylation sites is 1. The van der Waals surface area contributed by atoms with Crippen molar-refractivity contribution in [2.24, 2.45) is 0 Å². The van der Waals surface area contributed by atoms with Gasteiger partial charge in [0.2, 0.25) is 0 Å². The number of amides is 1. The number of nitrogens with zero attached hydrogens (tertiary/aromatic N) is 6. The minimum atomic E-state index is -0.266. The summed E-state index contributed by atoms with van der Waals surface area (Å²) in [6.45, 7) is 6.82. The Morgan fingerprint density at radius 2 is 1.75 bits per heavy atom. The average molecular weight is 435 g/mol. The third-order valence-electron chi connectivity index (χ3n) is 5.24. The van der Waals surface area contributed by atoms with Crippen molar-refractivity contribution in [2.45, 2.75) is 20.4 Å². The summed E-state index contributed by atoms with van der Waals surface area (Å²) >= 11 is 0. The molecule has 166 valence electrons. The van der Waals surface area contributed by atoms with Crippen molar-refractivity contribution in [3.63, 3.8) is 0 Å². The summed E-state index contributed by atoms with van der Waals surface area (Å²) < 4.78 is 6.92. The van der Waals surface area contributed by atoms with Crippen LogP contribution in [0.15, 0.2) is 53.3 Å². The van der Waals surface area contributed by atoms with Crippen molar-refractivity contribution < 1.29 is 9.53 Å². The fraction of sp³-hybridized carbons (Fsp3) is 0.348. The van der Waals surface area contributed by atoms with Gasteiger partial charge in [-0.3, -0.25) is 9.59 Å². The third-order valence-corrected chi connectivity index (χ3v) is 5.24. The summed E-state index contributed by atoms with van der Waals surface area (Å²) in [5.74, 6) is 2.16. The lowest BCUT2D eigenvalue weighted by atomic mass is 10.2. The molecule has 9 heteroatoms. The molecular formula is C23H26N6O3. The molecule has 1 fully saturated rings. The van der Waals surface area contributed by atoms with E-state index < -0.39 is 0 Å². The first-order valence-electron chi connectivity index (χ1n) is 10.6. The van der Waals surface area contributed by atoms with Crippen LogP contribution in [0.1, 0.15) is 22.0 Å². The highest BCUT2D eigenvalue weighted by Crippen LogP contribution is 2.16. The molecule has 4 rings (SSSR count). The highest BCUT2D eigenvalue weighted by molar-refractivity contribution is 5.92. The summed E-state index contributed by atoms with van der Waals surface area (Å²) in [5.41, 5.74) is 0.915. The van der Waals surface area contributed by atoms with Crippen LogP contribution in [0.3, 0.4) is 0 Å². The van der Waals surface area contributed by atoms with E-state index in [1.165, 1.54) is 16.8 Å². The van der Waals surface area contributed by atoms with E-state index in [0.29, 0.717) is 26.2 Å². The van der Waals surface area contributed by atoms with Crippen LogP contribution >= 0.6 is 0 Å². The lowest BCUT2D eigenvalue weighted by molar-refractivity contribution is 0.0737. The predicted octanol–water partition coefficient (Wildman–Crippen LogP) is 1.69. The number of aromatic nitrogens is 4. The molecule has 0 aliphatic carbocycles. The first kappa shape index (κ1) is 21.5. The van der Waals surface area contributed by atoms with Gasteiger partial charge in [0.15, 0.2) is 0 Å². The van der Waals surface area contributed by atoms with Crippen LogP contribution < -0.4 is 15.2 Å². The number of carbonyl (C=O) groups is 1. The third kappa shape index (κ3) is 5.11. The highest BCUT2D eigenvalue weighted by Gasteiger charge is 2.24. The summed E-state index contributed by atoms with van der Waals surface area (Å²) in [5, 5.41) is 4.28. The van der Waals surface area contributed by atoms with Crippen LogP contribution in [-0.4, -0.2) is 63.3 Å². The summed E-state index contributed by atoms with van der Waals surface area (Å²) in [6.07, 6.45) is 0. The van der Waals surface area contributed by atoms with E-state index >= 15 is 0 Å². The Kier molecular flexibility index (Phi) is 6.44. The molecule has 1 amide bonds. The van der Waals surface area contributed by atoms with Crippen LogP contribution in [-0.2, 0) is 6.54 Å². The molecule has 0 atom stereocenters. The summed E-state index contributed by atoms with van der Waals surface area (Å²) in [6, 6.07) is 14.2. The van der Waals surface area contributed by atoms with Crippen molar-refractivity contribution in [1.29, 1.82) is 0 Å². The van der Waals surface area contributed by atoms with Gasteiger partial charge in [-0.25, -0.2) is 14.6 Å². The molecule has 1 aromatic carbocycles. The number of hydrogen-bond donors (Lipinski definition) is 0. The van der Waals surface area contributed by atoms with Crippen LogP contribution in [0.4, 0.5) is 5.82 Å². The molecule has 9 nitrogen and oxygen atoms in total. The number of rotatable bonds is 6. The van der Waals surface area contributed by atoms with Gasteiger partial charge in [-0.15, -0.1) is 0 Å². The van der Waals surface area contributed by atoms with E-state index in [0.717, 1.165) is 23.1 Å². The van der Waals surface area contributed by atoms with Crippen molar-refractivity contribution in [3.05, 3.63) is 76.1 Å². The Bertz CT molecular complexity index is 1120. The molecule has 0 unspecified atom stereocenters. The Balaban J connectivity index is 1.37. The molecule has 32 heavy (non-hydrogen) atoms. The first-order valence-corrected chi connectivity index (χ1v) is 10.6. The van der Waals surface area contributed by atoms with Crippen molar-refractivity contribution >= 4 is 11.7 Å². The topological polar surface area (TPSA) is 93.5 Å². The first-order chi connectivity index (χ1) is 15.5. The van der Waals surface area contributed by atoms with Gasteiger partial charge in [0.25, 0.3) is 11.5 Å². The van der Waals surface area contributed by atoms with Gasteiger partial charge in [-0.2, -0.15) is 5.10 Å². The number of anilines is 1. The molecule has 1 aliphatic rings. The minimum absolute atomic E-state index is 0.183. The standard InChI is InChI=1S/C23H26N6O3/c1-17-16-21(25-18(2)24-17)27-10-12-28(13-11-27)23(31)20-8-9-22(30)29(26-20)14-15-32-19-6-4-3-5-7-19/h3-9,16H,10-15H2,1-2H3. The van der Waals surface area contributed by atoms with Gasteiger partial charge >= 0.3 is 0 Å². The molecule has 0 bridgehead atoms. The smallest absolute Gasteiger partial charge is 0.274 e. The predicted molar refractivity (Wildman–Crippen MR) is 120 cm³/mol. The molecule has 3 heterocycles. The number of hydrogen-bond acceptors (Lipinski definition) is 7. The lowest BCUT2D eigenvalue weighted by Crippen LogP contribution is -2.49. The Morgan fingerprint density at radius 3 is 2.47 bits per heavy atom. The maximum atomic E-state index is 13.0. The molecule has 0 N–H and O–H groups in total. The van der Waals surface area contributed by atoms with Crippen molar-refractivity contribution in [2.75, 3.05) is 37.7 Å². The van der Waals surface area contributed by atoms with Gasteiger partial charge in [0.1, 0.15) is 29.7 Å². The van der Waals surface area contributed by atoms with Crippen molar-refractivity contribution in [1.82, 2.24) is 24.6 Å². The monoisotopic (exact) mass is 434 g/mol. The molecular weight excluding hydrogens is 408 g/mol. The Hall–Kier alpha value is -3.75. The molecule has 0 saturated carbocycles. The van der Waals surface area contributed by atoms with Gasteiger partial charge in [-0.1, -0.05) is 18.2 Å². The largest absolute Gasteiger partial charge is 0.492 e. The number of piperazine rings is 1. The van der Waals surface area contributed by atoms with E-state index in [9.17, 15) is 9.59 Å². The molecule has 1 saturated heterocycles. The second-order valence-electron chi connectivity index (χ2n) is 7.64. The second kappa shape index (κ2) is 9.59. The van der Waals surface area contributed by atoms with E-state index in [2.05, 4.69) is 20.0 Å². The van der Waals surface area contributed by atoms with Crippen LogP contribution in [0.25, 0.3) is 0 Å². The van der Waals surface area contributed by atoms with Gasteiger partial charge in [0.05, 0.1) is 6.54 Å². The van der Waals surface area contributed by atoms with Crippen molar-refractivity contribution in [3.8, 4) is 5.75 Å². The van der Waals surface area contributed by atoms with Gasteiger partial charge in [-0.05, 0) is 32.0 Å². The van der Waals surface area contributed by atoms with Crippen LogP contribution in [0.2, 0.25) is 0 Å². The molecule has 2 aromatic heterocycles. The average Bonchev–Trinajstić information content (AvgIpc) is 2.80. The van der Waals surface area contributed by atoms with Crippen LogP contribution in [0.5, 0.6) is 5.75 Å². The quantitative estimate of drug-likeness (QED) is 0.583. The summed E-state index contributed by atoms with van der Waals surface area (Å²) in [4.78, 5) is 37.9.